The van der Waals surface area contributed by atoms with E-state index in [-0.39, 0.29) is 11.4 Å². The van der Waals surface area contributed by atoms with Gasteiger partial charge >= 0.3 is 5.97 Å². The van der Waals surface area contributed by atoms with E-state index in [2.05, 4.69) is 0 Å². The molecule has 0 aliphatic carbocycles. The van der Waals surface area contributed by atoms with Crippen LogP contribution in [0.25, 0.3) is 0 Å². The van der Waals surface area contributed by atoms with Crippen molar-refractivity contribution in [1.82, 2.24) is 0 Å². The molecule has 3 heteroatoms. The van der Waals surface area contributed by atoms with E-state index in [0.717, 1.165) is 11.3 Å². The quantitative estimate of drug-likeness (QED) is 0.597. The lowest BCUT2D eigenvalue weighted by atomic mass is 9.92. The highest BCUT2D eigenvalue weighted by Gasteiger charge is 2.17. The SMILES string of the molecule is CC(C)(C)CC(=O)Oc1ccc(OCc2ccccc2)cc1. The number of benzene rings is 2. The number of hydrogen-bond donors (Lipinski definition) is 0. The van der Waals surface area contributed by atoms with Crippen molar-refractivity contribution in [2.75, 3.05) is 0 Å². The topological polar surface area (TPSA) is 35.5 Å². The molecule has 2 aromatic rings. The van der Waals surface area contributed by atoms with Crippen LogP contribution in [0.4, 0.5) is 0 Å². The minimum atomic E-state index is -0.217. The summed E-state index contributed by atoms with van der Waals surface area (Å²) >= 11 is 0. The van der Waals surface area contributed by atoms with Gasteiger partial charge in [0.2, 0.25) is 0 Å². The van der Waals surface area contributed by atoms with Gasteiger partial charge in [0.05, 0.1) is 6.42 Å². The summed E-state index contributed by atoms with van der Waals surface area (Å²) in [6.45, 7) is 6.54. The van der Waals surface area contributed by atoms with Gasteiger partial charge in [0.15, 0.2) is 0 Å². The van der Waals surface area contributed by atoms with Gasteiger partial charge in [-0.05, 0) is 35.2 Å². The van der Waals surface area contributed by atoms with Crippen molar-refractivity contribution in [1.29, 1.82) is 0 Å². The Morgan fingerprint density at radius 2 is 1.50 bits per heavy atom. The fourth-order valence-electron chi connectivity index (χ4n) is 1.95. The van der Waals surface area contributed by atoms with Crippen molar-refractivity contribution < 1.29 is 14.3 Å². The monoisotopic (exact) mass is 298 g/mol. The third-order valence-corrected chi connectivity index (χ3v) is 2.98. The van der Waals surface area contributed by atoms with Gasteiger partial charge in [0, 0.05) is 0 Å². The highest BCUT2D eigenvalue weighted by molar-refractivity contribution is 5.73. The van der Waals surface area contributed by atoms with Crippen LogP contribution in [-0.2, 0) is 11.4 Å². The van der Waals surface area contributed by atoms with E-state index in [4.69, 9.17) is 9.47 Å². The van der Waals surface area contributed by atoms with Gasteiger partial charge in [-0.25, -0.2) is 0 Å². The molecule has 2 rings (SSSR count). The van der Waals surface area contributed by atoms with E-state index in [1.54, 1.807) is 12.1 Å². The Bertz CT molecular complexity index is 595. The van der Waals surface area contributed by atoms with Crippen LogP contribution in [0.15, 0.2) is 54.6 Å². The standard InChI is InChI=1S/C19H22O3/c1-19(2,3)13-18(20)22-17-11-9-16(10-12-17)21-14-15-7-5-4-6-8-15/h4-12H,13-14H2,1-3H3. The maximum absolute atomic E-state index is 11.8. The van der Waals surface area contributed by atoms with Gasteiger partial charge in [-0.15, -0.1) is 0 Å². The number of carbonyl (C=O) groups excluding carboxylic acids is 1. The fourth-order valence-corrected chi connectivity index (χ4v) is 1.95. The van der Waals surface area contributed by atoms with Crippen LogP contribution in [0.5, 0.6) is 11.5 Å². The minimum Gasteiger partial charge on any atom is -0.489 e. The van der Waals surface area contributed by atoms with E-state index < -0.39 is 0 Å². The Morgan fingerprint density at radius 1 is 0.909 bits per heavy atom. The zero-order valence-corrected chi connectivity index (χ0v) is 13.3. The Balaban J connectivity index is 1.86. The Morgan fingerprint density at radius 3 is 2.09 bits per heavy atom. The van der Waals surface area contributed by atoms with Crippen LogP contribution in [0.3, 0.4) is 0 Å². The van der Waals surface area contributed by atoms with Crippen molar-refractivity contribution in [2.24, 2.45) is 5.41 Å². The predicted molar refractivity (Wildman–Crippen MR) is 86.9 cm³/mol. The van der Waals surface area contributed by atoms with Crippen LogP contribution < -0.4 is 9.47 Å². The summed E-state index contributed by atoms with van der Waals surface area (Å²) in [6.07, 6.45) is 0.388. The van der Waals surface area contributed by atoms with Gasteiger partial charge < -0.3 is 9.47 Å². The molecular formula is C19H22O3. The van der Waals surface area contributed by atoms with Gasteiger partial charge in [0.1, 0.15) is 18.1 Å². The summed E-state index contributed by atoms with van der Waals surface area (Å²) in [5, 5.41) is 0. The van der Waals surface area contributed by atoms with Crippen molar-refractivity contribution >= 4 is 5.97 Å². The lowest BCUT2D eigenvalue weighted by Crippen LogP contribution is -2.17. The molecule has 0 radical (unpaired) electrons. The van der Waals surface area contributed by atoms with Crippen molar-refractivity contribution in [3.63, 3.8) is 0 Å². The summed E-state index contributed by atoms with van der Waals surface area (Å²) in [5.74, 6) is 1.08. The van der Waals surface area contributed by atoms with Crippen LogP contribution in [-0.4, -0.2) is 5.97 Å². The molecule has 0 atom stereocenters. The molecule has 0 bridgehead atoms. The third kappa shape index (κ3) is 5.60. The maximum Gasteiger partial charge on any atom is 0.311 e. The van der Waals surface area contributed by atoms with E-state index >= 15 is 0 Å². The molecule has 0 N–H and O–H groups in total. The normalized spacial score (nSPS) is 11.0. The van der Waals surface area contributed by atoms with Gasteiger partial charge in [-0.3, -0.25) is 4.79 Å². The summed E-state index contributed by atoms with van der Waals surface area (Å²) in [4.78, 5) is 11.8. The zero-order chi connectivity index (χ0) is 16.0. The number of esters is 1. The van der Waals surface area contributed by atoms with Crippen molar-refractivity contribution in [3.05, 3.63) is 60.2 Å². The first-order valence-corrected chi connectivity index (χ1v) is 7.40. The molecule has 0 spiro atoms. The molecule has 0 saturated carbocycles. The third-order valence-electron chi connectivity index (χ3n) is 2.98. The predicted octanol–water partition coefficient (Wildman–Crippen LogP) is 4.61. The second-order valence-corrected chi connectivity index (χ2v) is 6.46. The average Bonchev–Trinajstić information content (AvgIpc) is 2.45. The fraction of sp³-hybridized carbons (Fsp3) is 0.316. The van der Waals surface area contributed by atoms with Gasteiger partial charge in [-0.2, -0.15) is 0 Å². The van der Waals surface area contributed by atoms with E-state index in [0.29, 0.717) is 18.8 Å². The highest BCUT2D eigenvalue weighted by atomic mass is 16.5. The summed E-state index contributed by atoms with van der Waals surface area (Å²) in [6, 6.07) is 17.1. The molecule has 0 amide bonds. The highest BCUT2D eigenvalue weighted by Crippen LogP contribution is 2.22. The van der Waals surface area contributed by atoms with Crippen LogP contribution in [0, 0.1) is 5.41 Å². The summed E-state index contributed by atoms with van der Waals surface area (Å²) < 4.78 is 11.0. The lowest BCUT2D eigenvalue weighted by Gasteiger charge is -2.16. The average molecular weight is 298 g/mol. The van der Waals surface area contributed by atoms with Gasteiger partial charge in [0.25, 0.3) is 0 Å². The second kappa shape index (κ2) is 7.12. The zero-order valence-electron chi connectivity index (χ0n) is 13.3. The maximum atomic E-state index is 11.8. The van der Waals surface area contributed by atoms with E-state index in [1.807, 2.05) is 63.2 Å². The molecule has 116 valence electrons. The van der Waals surface area contributed by atoms with Crippen molar-refractivity contribution in [2.45, 2.75) is 33.8 Å². The first-order valence-electron chi connectivity index (χ1n) is 7.40. The van der Waals surface area contributed by atoms with Gasteiger partial charge in [-0.1, -0.05) is 51.1 Å². The first kappa shape index (κ1) is 16.1. The largest absolute Gasteiger partial charge is 0.489 e. The van der Waals surface area contributed by atoms with Crippen LogP contribution >= 0.6 is 0 Å². The Kier molecular flexibility index (Phi) is 5.21. The summed E-state index contributed by atoms with van der Waals surface area (Å²) in [7, 11) is 0. The van der Waals surface area contributed by atoms with Crippen molar-refractivity contribution in [3.8, 4) is 11.5 Å². The molecular weight excluding hydrogens is 276 g/mol. The summed E-state index contributed by atoms with van der Waals surface area (Å²) in [5.41, 5.74) is 1.04. The molecule has 0 aromatic heterocycles. The Labute approximate surface area is 131 Å². The Hall–Kier alpha value is -2.29. The molecule has 22 heavy (non-hydrogen) atoms. The lowest BCUT2D eigenvalue weighted by molar-refractivity contribution is -0.136. The molecule has 0 heterocycles. The van der Waals surface area contributed by atoms with Crippen LogP contribution in [0.2, 0.25) is 0 Å². The molecule has 0 fully saturated rings. The van der Waals surface area contributed by atoms with E-state index in [9.17, 15) is 4.79 Å². The second-order valence-electron chi connectivity index (χ2n) is 6.46. The first-order chi connectivity index (χ1) is 10.4. The van der Waals surface area contributed by atoms with E-state index in [1.165, 1.54) is 0 Å². The minimum absolute atomic E-state index is 0.0736. The molecule has 0 aliphatic heterocycles. The molecule has 0 saturated heterocycles. The number of ether oxygens (including phenoxy) is 2. The number of carbonyl (C=O) groups is 1. The smallest absolute Gasteiger partial charge is 0.311 e. The number of hydrogen-bond acceptors (Lipinski definition) is 3. The molecule has 3 nitrogen and oxygen atoms in total. The molecule has 0 aliphatic rings. The molecule has 0 unspecified atom stereocenters. The van der Waals surface area contributed by atoms with Crippen LogP contribution in [0.1, 0.15) is 32.8 Å². The molecule has 2 aromatic carbocycles. The number of rotatable bonds is 5.